The minimum Gasteiger partial charge on any atom is -0.357 e. The summed E-state index contributed by atoms with van der Waals surface area (Å²) in [6.07, 6.45) is 5.14. The topological polar surface area (TPSA) is 62.7 Å². The third-order valence-electron chi connectivity index (χ3n) is 3.44. The molecule has 6 heteroatoms. The second-order valence-electron chi connectivity index (χ2n) is 4.94. The Morgan fingerprint density at radius 1 is 1.32 bits per heavy atom. The number of amides is 1. The molecule has 0 saturated heterocycles. The Kier molecular flexibility index (Phi) is 3.74. The van der Waals surface area contributed by atoms with Gasteiger partial charge in [0.1, 0.15) is 23.4 Å². The van der Waals surface area contributed by atoms with E-state index in [1.807, 2.05) is 11.6 Å². The number of nitrogens with zero attached hydrogens (tertiary/aromatic N) is 2. The highest BCUT2D eigenvalue weighted by molar-refractivity contribution is 5.92. The highest BCUT2D eigenvalue weighted by Gasteiger charge is 2.21. The van der Waals surface area contributed by atoms with Gasteiger partial charge in [-0.3, -0.25) is 4.79 Å². The van der Waals surface area contributed by atoms with Crippen molar-refractivity contribution in [3.05, 3.63) is 77.9 Å². The summed E-state index contributed by atoms with van der Waals surface area (Å²) in [5.74, 6) is 0.104. The Morgan fingerprint density at radius 2 is 2.09 bits per heavy atom. The molecule has 0 fully saturated rings. The summed E-state index contributed by atoms with van der Waals surface area (Å²) in [6.45, 7) is 0. The molecule has 2 aromatic heterocycles. The zero-order chi connectivity index (χ0) is 15.5. The van der Waals surface area contributed by atoms with E-state index in [-0.39, 0.29) is 11.7 Å². The maximum absolute atomic E-state index is 13.1. The van der Waals surface area contributed by atoms with Crippen molar-refractivity contribution >= 4 is 5.91 Å². The molecule has 0 aliphatic carbocycles. The average Bonchev–Trinajstić information content (AvgIpc) is 3.17. The average molecular weight is 298 g/mol. The van der Waals surface area contributed by atoms with Crippen LogP contribution in [0.1, 0.15) is 27.9 Å². The van der Waals surface area contributed by atoms with Crippen molar-refractivity contribution in [3.8, 4) is 0 Å². The first-order valence-electron chi connectivity index (χ1n) is 6.82. The summed E-state index contributed by atoms with van der Waals surface area (Å²) in [5, 5.41) is 2.92. The molecule has 2 N–H and O–H groups in total. The fraction of sp³-hybridized carbons (Fsp3) is 0.125. The van der Waals surface area contributed by atoms with Crippen LogP contribution in [0.5, 0.6) is 0 Å². The van der Waals surface area contributed by atoms with E-state index < -0.39 is 6.04 Å². The van der Waals surface area contributed by atoms with Gasteiger partial charge in [-0.1, -0.05) is 12.1 Å². The molecular formula is C16H15FN4O. The van der Waals surface area contributed by atoms with Gasteiger partial charge >= 0.3 is 0 Å². The number of hydrogen-bond acceptors (Lipinski definition) is 2. The van der Waals surface area contributed by atoms with Crippen LogP contribution in [-0.4, -0.2) is 20.4 Å². The van der Waals surface area contributed by atoms with Gasteiger partial charge in [-0.25, -0.2) is 9.37 Å². The van der Waals surface area contributed by atoms with Gasteiger partial charge in [-0.05, 0) is 29.8 Å². The molecule has 22 heavy (non-hydrogen) atoms. The van der Waals surface area contributed by atoms with E-state index in [2.05, 4.69) is 15.3 Å². The largest absolute Gasteiger partial charge is 0.357 e. The summed E-state index contributed by atoms with van der Waals surface area (Å²) in [4.78, 5) is 19.5. The van der Waals surface area contributed by atoms with Crippen LogP contribution in [0.3, 0.4) is 0 Å². The van der Waals surface area contributed by atoms with Crippen LogP contribution in [0.2, 0.25) is 0 Å². The van der Waals surface area contributed by atoms with E-state index in [0.29, 0.717) is 11.5 Å². The summed E-state index contributed by atoms with van der Waals surface area (Å²) < 4.78 is 15.0. The lowest BCUT2D eigenvalue weighted by Crippen LogP contribution is -2.31. The number of nitrogens with one attached hydrogen (secondary N) is 2. The van der Waals surface area contributed by atoms with Crippen molar-refractivity contribution in [2.75, 3.05) is 0 Å². The van der Waals surface area contributed by atoms with Gasteiger partial charge in [0.2, 0.25) is 0 Å². The first-order valence-corrected chi connectivity index (χ1v) is 6.82. The fourth-order valence-corrected chi connectivity index (χ4v) is 2.29. The van der Waals surface area contributed by atoms with Crippen molar-refractivity contribution in [1.82, 2.24) is 19.9 Å². The van der Waals surface area contributed by atoms with E-state index in [0.717, 1.165) is 5.56 Å². The zero-order valence-corrected chi connectivity index (χ0v) is 12.0. The molecule has 0 aliphatic rings. The molecule has 0 bridgehead atoms. The lowest BCUT2D eigenvalue weighted by Gasteiger charge is -2.19. The lowest BCUT2D eigenvalue weighted by atomic mass is 10.1. The molecule has 1 aromatic carbocycles. The normalized spacial score (nSPS) is 12.1. The summed E-state index contributed by atoms with van der Waals surface area (Å²) in [7, 11) is 1.85. The molecule has 0 saturated carbocycles. The van der Waals surface area contributed by atoms with E-state index in [1.165, 1.54) is 12.1 Å². The highest BCUT2D eigenvalue weighted by atomic mass is 19.1. The van der Waals surface area contributed by atoms with Gasteiger partial charge in [0.05, 0.1) is 0 Å². The number of rotatable bonds is 4. The Labute approximate surface area is 126 Å². The predicted octanol–water partition coefficient (Wildman–Crippen LogP) is 2.41. The monoisotopic (exact) mass is 298 g/mol. The van der Waals surface area contributed by atoms with Crippen molar-refractivity contribution in [2.24, 2.45) is 7.05 Å². The van der Waals surface area contributed by atoms with Crippen molar-refractivity contribution in [2.45, 2.75) is 6.04 Å². The SMILES string of the molecule is Cn1ccnc1C(NC(=O)c1ccc[nH]1)c1ccc(F)cc1. The summed E-state index contributed by atoms with van der Waals surface area (Å²) in [6, 6.07) is 9.00. The van der Waals surface area contributed by atoms with Crippen LogP contribution in [0, 0.1) is 5.82 Å². The lowest BCUT2D eigenvalue weighted by molar-refractivity contribution is 0.0936. The minimum atomic E-state index is -0.462. The second-order valence-corrected chi connectivity index (χ2v) is 4.94. The van der Waals surface area contributed by atoms with Gasteiger partial charge in [0.25, 0.3) is 5.91 Å². The molecule has 3 rings (SSSR count). The van der Waals surface area contributed by atoms with Crippen molar-refractivity contribution in [1.29, 1.82) is 0 Å². The van der Waals surface area contributed by atoms with Crippen molar-refractivity contribution < 1.29 is 9.18 Å². The van der Waals surface area contributed by atoms with E-state index >= 15 is 0 Å². The van der Waals surface area contributed by atoms with Crippen molar-refractivity contribution in [3.63, 3.8) is 0 Å². The maximum atomic E-state index is 13.1. The number of carbonyl (C=O) groups excluding carboxylic acids is 1. The molecule has 1 unspecified atom stereocenters. The zero-order valence-electron chi connectivity index (χ0n) is 12.0. The fourth-order valence-electron chi connectivity index (χ4n) is 2.29. The number of H-pyrrole nitrogens is 1. The molecule has 5 nitrogen and oxygen atoms in total. The van der Waals surface area contributed by atoms with E-state index in [4.69, 9.17) is 0 Å². The number of carbonyl (C=O) groups is 1. The third-order valence-corrected chi connectivity index (χ3v) is 3.44. The molecule has 0 radical (unpaired) electrons. The molecule has 1 atom stereocenters. The van der Waals surface area contributed by atoms with E-state index in [1.54, 1.807) is 42.9 Å². The van der Waals surface area contributed by atoms with E-state index in [9.17, 15) is 9.18 Å². The van der Waals surface area contributed by atoms with Gasteiger partial charge in [0.15, 0.2) is 0 Å². The van der Waals surface area contributed by atoms with Crippen LogP contribution >= 0.6 is 0 Å². The molecule has 1 amide bonds. The van der Waals surface area contributed by atoms with Crippen LogP contribution in [-0.2, 0) is 7.05 Å². The summed E-state index contributed by atoms with van der Waals surface area (Å²) >= 11 is 0. The number of hydrogen-bond donors (Lipinski definition) is 2. The number of aromatic nitrogens is 3. The number of aromatic amines is 1. The Balaban J connectivity index is 1.95. The Morgan fingerprint density at radius 3 is 2.68 bits per heavy atom. The quantitative estimate of drug-likeness (QED) is 0.777. The van der Waals surface area contributed by atoms with Gasteiger partial charge in [-0.2, -0.15) is 0 Å². The number of halogens is 1. The van der Waals surface area contributed by atoms with Crippen LogP contribution < -0.4 is 5.32 Å². The first-order chi connectivity index (χ1) is 10.6. The Bertz CT molecular complexity index is 762. The maximum Gasteiger partial charge on any atom is 0.268 e. The smallest absolute Gasteiger partial charge is 0.268 e. The van der Waals surface area contributed by atoms with Crippen LogP contribution in [0.25, 0.3) is 0 Å². The highest BCUT2D eigenvalue weighted by Crippen LogP contribution is 2.21. The molecule has 0 aliphatic heterocycles. The minimum absolute atomic E-state index is 0.248. The standard InChI is InChI=1S/C16H15FN4O/c1-21-10-9-19-15(21)14(11-4-6-12(17)7-5-11)20-16(22)13-3-2-8-18-13/h2-10,14,18H,1H3,(H,20,22). The molecule has 3 aromatic rings. The van der Waals surface area contributed by atoms with Crippen LogP contribution in [0.15, 0.2) is 55.0 Å². The third kappa shape index (κ3) is 2.76. The molecule has 112 valence electrons. The molecular weight excluding hydrogens is 283 g/mol. The first kappa shape index (κ1) is 14.1. The molecule has 0 spiro atoms. The van der Waals surface area contributed by atoms with Crippen LogP contribution in [0.4, 0.5) is 4.39 Å². The van der Waals surface area contributed by atoms with Gasteiger partial charge in [0, 0.05) is 25.6 Å². The second kappa shape index (κ2) is 5.85. The number of benzene rings is 1. The Hall–Kier alpha value is -2.89. The summed E-state index contributed by atoms with van der Waals surface area (Å²) in [5.41, 5.74) is 1.22. The number of imidazole rings is 1. The van der Waals surface area contributed by atoms with Gasteiger partial charge < -0.3 is 14.9 Å². The number of aryl methyl sites for hydroxylation is 1. The predicted molar refractivity (Wildman–Crippen MR) is 79.7 cm³/mol. The molecule has 2 heterocycles. The van der Waals surface area contributed by atoms with Gasteiger partial charge in [-0.15, -0.1) is 0 Å².